The lowest BCUT2D eigenvalue weighted by molar-refractivity contribution is -0.137. The topological polar surface area (TPSA) is 35.6 Å². The molecule has 0 aromatic heterocycles. The van der Waals surface area contributed by atoms with Crippen molar-refractivity contribution in [3.63, 3.8) is 0 Å². The molecule has 4 heteroatoms. The molecule has 3 heterocycles. The number of rotatable bonds is 2. The minimum atomic E-state index is 0.0000801. The summed E-state index contributed by atoms with van der Waals surface area (Å²) in [6, 6.07) is 0. The molecule has 3 fully saturated rings. The fourth-order valence-electron chi connectivity index (χ4n) is 4.14. The number of carbonyl (C=O) groups excluding carboxylic acids is 1. The number of nitrogens with one attached hydrogen (secondary N) is 1. The molecule has 3 aliphatic rings. The number of amides is 1. The largest absolute Gasteiger partial charge is 0.345 e. The number of hydrogen-bond donors (Lipinski definition) is 1. The van der Waals surface area contributed by atoms with Crippen LogP contribution in [-0.2, 0) is 4.79 Å². The average molecular weight is 265 g/mol. The Morgan fingerprint density at radius 2 is 1.84 bits per heavy atom. The molecular formula is C15H27N3O. The smallest absolute Gasteiger partial charge is 0.228 e. The normalized spacial score (nSPS) is 35.5. The molecule has 0 aromatic carbocycles. The average Bonchev–Trinajstić information content (AvgIpc) is 2.93. The van der Waals surface area contributed by atoms with Crippen molar-refractivity contribution in [2.45, 2.75) is 32.6 Å². The van der Waals surface area contributed by atoms with E-state index >= 15 is 0 Å². The molecule has 0 bridgehead atoms. The van der Waals surface area contributed by atoms with Crippen molar-refractivity contribution in [3.05, 3.63) is 0 Å². The van der Waals surface area contributed by atoms with Crippen LogP contribution in [-0.4, -0.2) is 62.0 Å². The summed E-state index contributed by atoms with van der Waals surface area (Å²) in [5, 5.41) is 3.48. The van der Waals surface area contributed by atoms with Crippen LogP contribution in [0, 0.1) is 10.8 Å². The van der Waals surface area contributed by atoms with Crippen molar-refractivity contribution in [2.24, 2.45) is 10.8 Å². The highest BCUT2D eigenvalue weighted by atomic mass is 16.2. The molecule has 0 aliphatic carbocycles. The Kier molecular flexibility index (Phi) is 3.34. The summed E-state index contributed by atoms with van der Waals surface area (Å²) in [4.78, 5) is 16.8. The zero-order valence-corrected chi connectivity index (χ0v) is 12.4. The first-order chi connectivity index (χ1) is 9.03. The second kappa shape index (κ2) is 4.74. The number of likely N-dealkylation sites (tertiary alicyclic amines) is 2. The van der Waals surface area contributed by atoms with E-state index in [-0.39, 0.29) is 5.41 Å². The minimum absolute atomic E-state index is 0.0000801. The van der Waals surface area contributed by atoms with Crippen molar-refractivity contribution in [3.8, 4) is 0 Å². The molecular weight excluding hydrogens is 238 g/mol. The second-order valence-electron chi connectivity index (χ2n) is 7.27. The van der Waals surface area contributed by atoms with Crippen LogP contribution in [0.25, 0.3) is 0 Å². The fraction of sp³-hybridized carbons (Fsp3) is 0.933. The number of hydrogen-bond acceptors (Lipinski definition) is 3. The molecule has 3 saturated heterocycles. The first-order valence-electron chi connectivity index (χ1n) is 7.72. The lowest BCUT2D eigenvalue weighted by atomic mass is 9.76. The van der Waals surface area contributed by atoms with Gasteiger partial charge in [-0.2, -0.15) is 0 Å². The number of piperidine rings is 1. The summed E-state index contributed by atoms with van der Waals surface area (Å²) in [5.41, 5.74) is 0.445. The van der Waals surface area contributed by atoms with E-state index in [1.807, 2.05) is 11.9 Å². The zero-order chi connectivity index (χ0) is 13.5. The van der Waals surface area contributed by atoms with E-state index in [0.29, 0.717) is 11.3 Å². The van der Waals surface area contributed by atoms with Crippen LogP contribution in [0.5, 0.6) is 0 Å². The van der Waals surface area contributed by atoms with Crippen molar-refractivity contribution in [2.75, 3.05) is 46.3 Å². The Morgan fingerprint density at radius 3 is 2.37 bits per heavy atom. The Morgan fingerprint density at radius 1 is 1.16 bits per heavy atom. The molecule has 1 spiro atoms. The first kappa shape index (κ1) is 13.4. The van der Waals surface area contributed by atoms with Crippen LogP contribution in [0.3, 0.4) is 0 Å². The maximum absolute atomic E-state index is 12.3. The van der Waals surface area contributed by atoms with Gasteiger partial charge in [-0.15, -0.1) is 0 Å². The molecule has 0 radical (unpaired) electrons. The molecule has 108 valence electrons. The SMILES string of the molecule is CN1CCC2(CCN(CC3(C)CCNC3)CC2)C1=O. The van der Waals surface area contributed by atoms with Crippen LogP contribution < -0.4 is 5.32 Å². The predicted molar refractivity (Wildman–Crippen MR) is 76.0 cm³/mol. The maximum Gasteiger partial charge on any atom is 0.228 e. The maximum atomic E-state index is 12.3. The van der Waals surface area contributed by atoms with Crippen molar-refractivity contribution in [1.29, 1.82) is 0 Å². The fourth-order valence-corrected chi connectivity index (χ4v) is 4.14. The van der Waals surface area contributed by atoms with Crippen LogP contribution in [0.15, 0.2) is 0 Å². The highest BCUT2D eigenvalue weighted by Gasteiger charge is 2.47. The summed E-state index contributed by atoms with van der Waals surface area (Å²) in [6.45, 7) is 9.07. The lowest BCUT2D eigenvalue weighted by Crippen LogP contribution is -2.47. The third kappa shape index (κ3) is 2.40. The monoisotopic (exact) mass is 265 g/mol. The Bertz CT molecular complexity index is 354. The molecule has 1 amide bonds. The number of nitrogens with zero attached hydrogens (tertiary/aromatic N) is 2. The van der Waals surface area contributed by atoms with Gasteiger partial charge in [0, 0.05) is 26.7 Å². The van der Waals surface area contributed by atoms with Gasteiger partial charge in [0.2, 0.25) is 5.91 Å². The highest BCUT2D eigenvalue weighted by Crippen LogP contribution is 2.41. The quantitative estimate of drug-likeness (QED) is 0.807. The van der Waals surface area contributed by atoms with Crippen LogP contribution in [0.1, 0.15) is 32.6 Å². The lowest BCUT2D eigenvalue weighted by Gasteiger charge is -2.40. The Hall–Kier alpha value is -0.610. The third-order valence-corrected chi connectivity index (χ3v) is 5.60. The van der Waals surface area contributed by atoms with E-state index in [9.17, 15) is 4.79 Å². The highest BCUT2D eigenvalue weighted by molar-refractivity contribution is 5.84. The van der Waals surface area contributed by atoms with Gasteiger partial charge in [-0.1, -0.05) is 6.92 Å². The molecule has 4 nitrogen and oxygen atoms in total. The molecule has 0 saturated carbocycles. The summed E-state index contributed by atoms with van der Waals surface area (Å²) in [5.74, 6) is 0.404. The minimum Gasteiger partial charge on any atom is -0.345 e. The van der Waals surface area contributed by atoms with E-state index in [4.69, 9.17) is 0 Å². The van der Waals surface area contributed by atoms with Crippen LogP contribution in [0.2, 0.25) is 0 Å². The van der Waals surface area contributed by atoms with Crippen LogP contribution in [0.4, 0.5) is 0 Å². The van der Waals surface area contributed by atoms with E-state index in [2.05, 4.69) is 17.1 Å². The molecule has 3 aliphatic heterocycles. The van der Waals surface area contributed by atoms with Gasteiger partial charge in [0.1, 0.15) is 0 Å². The first-order valence-corrected chi connectivity index (χ1v) is 7.72. The van der Waals surface area contributed by atoms with Gasteiger partial charge in [0.25, 0.3) is 0 Å². The van der Waals surface area contributed by atoms with E-state index < -0.39 is 0 Å². The van der Waals surface area contributed by atoms with Gasteiger partial charge in [0.15, 0.2) is 0 Å². The number of carbonyl (C=O) groups is 1. The summed E-state index contributed by atoms with van der Waals surface area (Å²) >= 11 is 0. The predicted octanol–water partition coefficient (Wildman–Crippen LogP) is 0.930. The molecule has 1 unspecified atom stereocenters. The molecule has 1 atom stereocenters. The van der Waals surface area contributed by atoms with Crippen molar-refractivity contribution in [1.82, 2.24) is 15.1 Å². The van der Waals surface area contributed by atoms with Crippen molar-refractivity contribution >= 4 is 5.91 Å². The van der Waals surface area contributed by atoms with E-state index in [0.717, 1.165) is 52.0 Å². The van der Waals surface area contributed by atoms with E-state index in [1.165, 1.54) is 13.0 Å². The van der Waals surface area contributed by atoms with Gasteiger partial charge < -0.3 is 15.1 Å². The van der Waals surface area contributed by atoms with Gasteiger partial charge in [-0.05, 0) is 50.7 Å². The summed E-state index contributed by atoms with van der Waals surface area (Å²) < 4.78 is 0. The summed E-state index contributed by atoms with van der Waals surface area (Å²) in [6.07, 6.45) is 4.50. The molecule has 0 aromatic rings. The molecule has 1 N–H and O–H groups in total. The van der Waals surface area contributed by atoms with E-state index in [1.54, 1.807) is 0 Å². The zero-order valence-electron chi connectivity index (χ0n) is 12.4. The van der Waals surface area contributed by atoms with Gasteiger partial charge in [-0.3, -0.25) is 4.79 Å². The van der Waals surface area contributed by atoms with Gasteiger partial charge in [0.05, 0.1) is 5.41 Å². The van der Waals surface area contributed by atoms with Crippen LogP contribution >= 0.6 is 0 Å². The van der Waals surface area contributed by atoms with Gasteiger partial charge >= 0.3 is 0 Å². The molecule has 3 rings (SSSR count). The van der Waals surface area contributed by atoms with Crippen molar-refractivity contribution < 1.29 is 4.79 Å². The molecule has 19 heavy (non-hydrogen) atoms. The second-order valence-corrected chi connectivity index (χ2v) is 7.27. The Labute approximate surface area is 116 Å². The third-order valence-electron chi connectivity index (χ3n) is 5.60. The standard InChI is InChI=1S/C15H27N3O/c1-14(3-7-16-11-14)12-18-9-5-15(6-10-18)4-8-17(2)13(15)19/h16H,3-12H2,1-2H3. The Balaban J connectivity index is 1.56. The van der Waals surface area contributed by atoms with Gasteiger partial charge in [-0.25, -0.2) is 0 Å². The summed E-state index contributed by atoms with van der Waals surface area (Å²) in [7, 11) is 1.95.